The minimum Gasteiger partial charge on any atom is -0.496 e. The Morgan fingerprint density at radius 2 is 1.39 bits per heavy atom. The van der Waals surface area contributed by atoms with Crippen LogP contribution < -0.4 is 16.2 Å². The number of carbonyl (C=O) groups is 2. The van der Waals surface area contributed by atoms with Crippen molar-refractivity contribution >= 4 is 33.5 Å². The Labute approximate surface area is 225 Å². The summed E-state index contributed by atoms with van der Waals surface area (Å²) in [7, 11) is 1.55. The molecule has 0 saturated carbocycles. The van der Waals surface area contributed by atoms with Gasteiger partial charge in [0.15, 0.2) is 0 Å². The first-order valence-corrected chi connectivity index (χ1v) is 13.3. The lowest BCUT2D eigenvalue weighted by atomic mass is 9.75. The zero-order valence-corrected chi connectivity index (χ0v) is 23.3. The first-order valence-electron chi connectivity index (χ1n) is 13.3. The largest absolute Gasteiger partial charge is 0.496 e. The number of rotatable bonds is 13. The quantitative estimate of drug-likeness (QED) is 0.202. The monoisotopic (exact) mass is 522 g/mol. The van der Waals surface area contributed by atoms with Crippen LogP contribution in [0.3, 0.4) is 0 Å². The number of hydrogen-bond acceptors (Lipinski definition) is 5. The van der Waals surface area contributed by atoms with Crippen molar-refractivity contribution in [2.24, 2.45) is 22.3 Å². The highest BCUT2D eigenvalue weighted by Gasteiger charge is 2.29. The number of benzene rings is 3. The van der Waals surface area contributed by atoms with E-state index >= 15 is 0 Å². The third kappa shape index (κ3) is 6.45. The number of methoxy groups -OCH3 is 1. The Morgan fingerprint density at radius 1 is 0.789 bits per heavy atom. The minimum absolute atomic E-state index is 0.150. The van der Waals surface area contributed by atoms with E-state index in [4.69, 9.17) is 16.2 Å². The lowest BCUT2D eigenvalue weighted by molar-refractivity contribution is 0.0684. The molecular weight excluding hydrogens is 480 g/mol. The second-order valence-corrected chi connectivity index (χ2v) is 11.9. The molecular formula is C31H42N2O5. The summed E-state index contributed by atoms with van der Waals surface area (Å²) in [4.78, 5) is 24.6. The van der Waals surface area contributed by atoms with Gasteiger partial charge in [-0.1, -0.05) is 33.8 Å². The van der Waals surface area contributed by atoms with E-state index in [0.717, 1.165) is 53.0 Å². The normalized spacial score (nSPS) is 12.3. The summed E-state index contributed by atoms with van der Waals surface area (Å²) in [6.07, 6.45) is 4.60. The maximum absolute atomic E-state index is 12.9. The summed E-state index contributed by atoms with van der Waals surface area (Å²) >= 11 is 0. The molecule has 0 bridgehead atoms. The second kappa shape index (κ2) is 11.7. The molecule has 0 radical (unpaired) electrons. The van der Waals surface area contributed by atoms with E-state index in [0.29, 0.717) is 42.6 Å². The number of fused-ring (bicyclic) bond motifs is 3. The van der Waals surface area contributed by atoms with Crippen LogP contribution in [0, 0.1) is 10.8 Å². The molecule has 0 unspecified atom stereocenters. The van der Waals surface area contributed by atoms with Crippen molar-refractivity contribution in [2.75, 3.05) is 20.2 Å². The molecule has 0 aromatic heterocycles. The van der Waals surface area contributed by atoms with Crippen molar-refractivity contribution in [3.63, 3.8) is 0 Å². The highest BCUT2D eigenvalue weighted by Crippen LogP contribution is 2.42. The SMILES string of the molecule is COc1cc2c(CC(C)(C)CCCN)c(C(=O)O)c(CC(C)(C)CCCN)cc2c2ccc(C(=O)O)cc12. The van der Waals surface area contributed by atoms with Crippen LogP contribution >= 0.6 is 0 Å². The van der Waals surface area contributed by atoms with E-state index in [1.54, 1.807) is 25.3 Å². The minimum atomic E-state index is -1.01. The maximum atomic E-state index is 12.9. The average molecular weight is 523 g/mol. The van der Waals surface area contributed by atoms with Crippen LogP contribution in [0.4, 0.5) is 0 Å². The molecule has 6 N–H and O–H groups in total. The molecule has 0 spiro atoms. The zero-order chi connectivity index (χ0) is 28.3. The molecule has 206 valence electrons. The van der Waals surface area contributed by atoms with Crippen LogP contribution in [-0.4, -0.2) is 42.4 Å². The van der Waals surface area contributed by atoms with Gasteiger partial charge in [0.1, 0.15) is 5.75 Å². The third-order valence-electron chi connectivity index (χ3n) is 7.53. The highest BCUT2D eigenvalue weighted by atomic mass is 16.5. The van der Waals surface area contributed by atoms with Crippen LogP contribution in [0.5, 0.6) is 5.75 Å². The van der Waals surface area contributed by atoms with Crippen LogP contribution in [0.2, 0.25) is 0 Å². The van der Waals surface area contributed by atoms with Crippen molar-refractivity contribution < 1.29 is 24.5 Å². The van der Waals surface area contributed by atoms with Crippen molar-refractivity contribution in [3.05, 3.63) is 52.6 Å². The fourth-order valence-electron chi connectivity index (χ4n) is 5.62. The summed E-state index contributed by atoms with van der Waals surface area (Å²) in [5.41, 5.74) is 13.3. The fourth-order valence-corrected chi connectivity index (χ4v) is 5.62. The van der Waals surface area contributed by atoms with E-state index in [1.807, 2.05) is 12.1 Å². The van der Waals surface area contributed by atoms with E-state index in [9.17, 15) is 19.8 Å². The first-order chi connectivity index (χ1) is 17.8. The van der Waals surface area contributed by atoms with E-state index in [1.165, 1.54) is 0 Å². The Morgan fingerprint density at radius 3 is 1.92 bits per heavy atom. The second-order valence-electron chi connectivity index (χ2n) is 11.9. The first kappa shape index (κ1) is 29.4. The molecule has 38 heavy (non-hydrogen) atoms. The van der Waals surface area contributed by atoms with Crippen molar-refractivity contribution in [3.8, 4) is 5.75 Å². The van der Waals surface area contributed by atoms with Gasteiger partial charge in [-0.05, 0) is 114 Å². The molecule has 0 aliphatic carbocycles. The fraction of sp³-hybridized carbons (Fsp3) is 0.484. The number of carboxylic acid groups (broad SMARTS) is 2. The smallest absolute Gasteiger partial charge is 0.336 e. The van der Waals surface area contributed by atoms with Crippen molar-refractivity contribution in [1.82, 2.24) is 0 Å². The molecule has 7 nitrogen and oxygen atoms in total. The van der Waals surface area contributed by atoms with Crippen LogP contribution in [0.1, 0.15) is 85.2 Å². The van der Waals surface area contributed by atoms with Gasteiger partial charge < -0.3 is 26.4 Å². The Hall–Kier alpha value is -3.16. The predicted molar refractivity (Wildman–Crippen MR) is 153 cm³/mol. The zero-order valence-electron chi connectivity index (χ0n) is 23.3. The average Bonchev–Trinajstić information content (AvgIpc) is 2.85. The number of nitrogens with two attached hydrogens (primary N) is 2. The number of hydrogen-bond donors (Lipinski definition) is 4. The van der Waals surface area contributed by atoms with Gasteiger partial charge in [-0.25, -0.2) is 9.59 Å². The third-order valence-corrected chi connectivity index (χ3v) is 7.53. The van der Waals surface area contributed by atoms with Gasteiger partial charge in [-0.3, -0.25) is 0 Å². The maximum Gasteiger partial charge on any atom is 0.336 e. The number of ether oxygens (including phenoxy) is 1. The van der Waals surface area contributed by atoms with Gasteiger partial charge in [0.2, 0.25) is 0 Å². The lowest BCUT2D eigenvalue weighted by Gasteiger charge is -2.30. The Balaban J connectivity index is 2.42. The lowest BCUT2D eigenvalue weighted by Crippen LogP contribution is -2.22. The molecule has 3 aromatic carbocycles. The number of aromatic carboxylic acids is 2. The molecule has 0 saturated heterocycles. The molecule has 3 rings (SSSR count). The molecule has 3 aromatic rings. The summed E-state index contributed by atoms with van der Waals surface area (Å²) in [6, 6.07) is 8.87. The molecule has 0 aliphatic heterocycles. The summed E-state index contributed by atoms with van der Waals surface area (Å²) < 4.78 is 5.71. The number of carboxylic acids is 2. The van der Waals surface area contributed by atoms with Gasteiger partial charge in [0.25, 0.3) is 0 Å². The van der Waals surface area contributed by atoms with Gasteiger partial charge in [-0.2, -0.15) is 0 Å². The van der Waals surface area contributed by atoms with Crippen molar-refractivity contribution in [1.29, 1.82) is 0 Å². The molecule has 0 aliphatic rings. The van der Waals surface area contributed by atoms with E-state index < -0.39 is 11.9 Å². The predicted octanol–water partition coefficient (Wildman–Crippen LogP) is 6.01. The molecule has 0 amide bonds. The van der Waals surface area contributed by atoms with Crippen LogP contribution in [0.25, 0.3) is 21.5 Å². The summed E-state index contributed by atoms with van der Waals surface area (Å²) in [5.74, 6) is -1.44. The van der Waals surface area contributed by atoms with E-state index in [-0.39, 0.29) is 16.4 Å². The topological polar surface area (TPSA) is 136 Å². The van der Waals surface area contributed by atoms with E-state index in [2.05, 4.69) is 27.7 Å². The van der Waals surface area contributed by atoms with Gasteiger partial charge in [0.05, 0.1) is 18.2 Å². The van der Waals surface area contributed by atoms with Gasteiger partial charge >= 0.3 is 11.9 Å². The summed E-state index contributed by atoms with van der Waals surface area (Å²) in [6.45, 7) is 9.76. The molecule has 0 heterocycles. The molecule has 7 heteroatoms. The highest BCUT2D eigenvalue weighted by molar-refractivity contribution is 6.14. The standard InChI is InChI=1S/C31H42N2O5/c1-30(2,10-6-12-32)17-20-15-22-21-9-8-19(28(34)35)14-24(21)26(38-5)16-23(22)25(27(20)29(36)37)18-31(3,4)11-7-13-33/h8-9,14-16H,6-7,10-13,17-18,32-33H2,1-5H3,(H,34,35)(H,36,37). The van der Waals surface area contributed by atoms with Crippen molar-refractivity contribution in [2.45, 2.75) is 66.2 Å². The Kier molecular flexibility index (Phi) is 9.05. The van der Waals surface area contributed by atoms with Crippen LogP contribution in [0.15, 0.2) is 30.3 Å². The van der Waals surface area contributed by atoms with Crippen LogP contribution in [-0.2, 0) is 12.8 Å². The van der Waals surface area contributed by atoms with Gasteiger partial charge in [-0.15, -0.1) is 0 Å². The molecule has 0 atom stereocenters. The summed E-state index contributed by atoms with van der Waals surface area (Å²) in [5, 5.41) is 23.4. The Bertz CT molecular complexity index is 1340. The van der Waals surface area contributed by atoms with Gasteiger partial charge in [0, 0.05) is 5.39 Å². The molecule has 0 fully saturated rings.